The number of fused-ring (bicyclic) bond motifs is 4. The minimum atomic E-state index is 0.273. The molecule has 136 valence electrons. The Hall–Kier alpha value is -2.92. The molecular weight excluding hydrogens is 342 g/mol. The van der Waals surface area contributed by atoms with Crippen molar-refractivity contribution in [2.24, 2.45) is 0 Å². The molecular formula is C22H19NO4. The molecule has 3 aliphatic heterocycles. The van der Waals surface area contributed by atoms with E-state index in [2.05, 4.69) is 47.8 Å². The van der Waals surface area contributed by atoms with Gasteiger partial charge in [0.2, 0.25) is 13.6 Å². The van der Waals surface area contributed by atoms with Gasteiger partial charge in [-0.05, 0) is 71.1 Å². The molecule has 0 amide bonds. The number of rotatable bonds is 2. The molecule has 0 aromatic heterocycles. The van der Waals surface area contributed by atoms with E-state index in [0.717, 1.165) is 42.4 Å². The zero-order valence-electron chi connectivity index (χ0n) is 14.8. The van der Waals surface area contributed by atoms with Gasteiger partial charge in [-0.3, -0.25) is 0 Å². The van der Waals surface area contributed by atoms with Crippen LogP contribution in [-0.2, 0) is 12.8 Å². The van der Waals surface area contributed by atoms with Crippen LogP contribution in [0.5, 0.6) is 23.0 Å². The van der Waals surface area contributed by atoms with Crippen molar-refractivity contribution >= 4 is 10.8 Å². The lowest BCUT2D eigenvalue weighted by atomic mass is 9.89. The first-order valence-corrected chi connectivity index (χ1v) is 9.31. The van der Waals surface area contributed by atoms with Gasteiger partial charge in [0.25, 0.3) is 0 Å². The molecule has 27 heavy (non-hydrogen) atoms. The first-order valence-electron chi connectivity index (χ1n) is 9.31. The highest BCUT2D eigenvalue weighted by Crippen LogP contribution is 2.40. The lowest BCUT2D eigenvalue weighted by Gasteiger charge is -2.27. The summed E-state index contributed by atoms with van der Waals surface area (Å²) in [5, 5.41) is 6.01. The third kappa shape index (κ3) is 2.50. The van der Waals surface area contributed by atoms with Gasteiger partial charge in [-0.2, -0.15) is 0 Å². The first-order chi connectivity index (χ1) is 13.3. The number of benzene rings is 3. The molecule has 0 bridgehead atoms. The van der Waals surface area contributed by atoms with Gasteiger partial charge in [0.05, 0.1) is 0 Å². The fourth-order valence-corrected chi connectivity index (χ4v) is 4.26. The number of hydrogen-bond donors (Lipinski definition) is 1. The Morgan fingerprint density at radius 1 is 0.778 bits per heavy atom. The number of ether oxygens (including phenoxy) is 4. The molecule has 0 saturated heterocycles. The van der Waals surface area contributed by atoms with E-state index in [0.29, 0.717) is 13.6 Å². The quantitative estimate of drug-likeness (QED) is 0.754. The summed E-state index contributed by atoms with van der Waals surface area (Å²) in [7, 11) is 0. The summed E-state index contributed by atoms with van der Waals surface area (Å²) >= 11 is 0. The Labute approximate surface area is 156 Å². The van der Waals surface area contributed by atoms with Crippen LogP contribution in [-0.4, -0.2) is 20.1 Å². The van der Waals surface area contributed by atoms with Crippen LogP contribution < -0.4 is 24.3 Å². The first kappa shape index (κ1) is 15.2. The van der Waals surface area contributed by atoms with E-state index >= 15 is 0 Å². The van der Waals surface area contributed by atoms with Crippen molar-refractivity contribution in [3.8, 4) is 23.0 Å². The molecule has 3 aliphatic rings. The second kappa shape index (κ2) is 5.79. The van der Waals surface area contributed by atoms with Gasteiger partial charge in [0.1, 0.15) is 0 Å². The van der Waals surface area contributed by atoms with Crippen molar-refractivity contribution in [2.45, 2.75) is 18.9 Å². The highest BCUT2D eigenvalue weighted by Gasteiger charge is 2.25. The smallest absolute Gasteiger partial charge is 0.231 e. The maximum absolute atomic E-state index is 5.59. The Kier molecular flexibility index (Phi) is 3.25. The predicted molar refractivity (Wildman–Crippen MR) is 101 cm³/mol. The summed E-state index contributed by atoms with van der Waals surface area (Å²) in [6, 6.07) is 15.3. The van der Waals surface area contributed by atoms with Crippen molar-refractivity contribution in [3.05, 3.63) is 59.2 Å². The minimum Gasteiger partial charge on any atom is -0.454 e. The molecule has 5 nitrogen and oxygen atoms in total. The molecule has 1 N–H and O–H groups in total. The molecule has 0 fully saturated rings. The van der Waals surface area contributed by atoms with Crippen LogP contribution >= 0.6 is 0 Å². The van der Waals surface area contributed by atoms with Crippen LogP contribution in [0.25, 0.3) is 10.8 Å². The largest absolute Gasteiger partial charge is 0.454 e. The highest BCUT2D eigenvalue weighted by atomic mass is 16.7. The maximum Gasteiger partial charge on any atom is 0.231 e. The Bertz CT molecular complexity index is 1060. The average molecular weight is 361 g/mol. The average Bonchev–Trinajstić information content (AvgIpc) is 3.33. The highest BCUT2D eigenvalue weighted by molar-refractivity contribution is 5.87. The Morgan fingerprint density at radius 3 is 2.30 bits per heavy atom. The lowest BCUT2D eigenvalue weighted by molar-refractivity contribution is 0.173. The van der Waals surface area contributed by atoms with Gasteiger partial charge in [0.15, 0.2) is 23.0 Å². The van der Waals surface area contributed by atoms with Crippen LogP contribution in [0.15, 0.2) is 42.5 Å². The third-order valence-corrected chi connectivity index (χ3v) is 5.63. The van der Waals surface area contributed by atoms with Crippen molar-refractivity contribution in [1.29, 1.82) is 0 Å². The fraction of sp³-hybridized carbons (Fsp3) is 0.273. The second-order valence-corrected chi connectivity index (χ2v) is 7.25. The topological polar surface area (TPSA) is 49.0 Å². The monoisotopic (exact) mass is 361 g/mol. The fourth-order valence-electron chi connectivity index (χ4n) is 4.26. The summed E-state index contributed by atoms with van der Waals surface area (Å²) in [5.41, 5.74) is 3.97. The summed E-state index contributed by atoms with van der Waals surface area (Å²) in [4.78, 5) is 0. The number of nitrogens with one attached hydrogen (secondary N) is 1. The lowest BCUT2D eigenvalue weighted by Crippen LogP contribution is -2.31. The third-order valence-electron chi connectivity index (χ3n) is 5.63. The SMILES string of the molecule is c1cc2cc3c(cc2cc1C[C@@H]1NCCc2cc4c(cc21)OCO4)OCO3. The van der Waals surface area contributed by atoms with Crippen molar-refractivity contribution in [2.75, 3.05) is 20.1 Å². The van der Waals surface area contributed by atoms with Gasteiger partial charge in [-0.15, -0.1) is 0 Å². The van der Waals surface area contributed by atoms with E-state index in [1.165, 1.54) is 27.5 Å². The Balaban J connectivity index is 1.34. The van der Waals surface area contributed by atoms with Crippen LogP contribution in [0.2, 0.25) is 0 Å². The molecule has 3 aromatic rings. The zero-order chi connectivity index (χ0) is 17.8. The van der Waals surface area contributed by atoms with E-state index in [1.807, 2.05) is 0 Å². The maximum atomic E-state index is 5.59. The van der Waals surface area contributed by atoms with Crippen LogP contribution in [0, 0.1) is 0 Å². The zero-order valence-corrected chi connectivity index (χ0v) is 14.8. The molecule has 6 rings (SSSR count). The summed E-state index contributed by atoms with van der Waals surface area (Å²) in [5.74, 6) is 3.38. The van der Waals surface area contributed by atoms with Gasteiger partial charge >= 0.3 is 0 Å². The predicted octanol–water partition coefficient (Wildman–Crippen LogP) is 3.73. The second-order valence-electron chi connectivity index (χ2n) is 7.25. The minimum absolute atomic E-state index is 0.273. The molecule has 0 unspecified atom stereocenters. The molecule has 0 spiro atoms. The summed E-state index contributed by atoms with van der Waals surface area (Å²) in [6.07, 6.45) is 1.95. The van der Waals surface area contributed by atoms with Crippen LogP contribution in [0.4, 0.5) is 0 Å². The van der Waals surface area contributed by atoms with Crippen molar-refractivity contribution < 1.29 is 18.9 Å². The van der Waals surface area contributed by atoms with E-state index in [-0.39, 0.29) is 6.04 Å². The summed E-state index contributed by atoms with van der Waals surface area (Å²) < 4.78 is 22.1. The molecule has 1 atom stereocenters. The molecule has 5 heteroatoms. The molecule has 3 aromatic carbocycles. The van der Waals surface area contributed by atoms with Gasteiger partial charge < -0.3 is 24.3 Å². The normalized spacial score (nSPS) is 19.3. The van der Waals surface area contributed by atoms with E-state index < -0.39 is 0 Å². The van der Waals surface area contributed by atoms with E-state index in [9.17, 15) is 0 Å². The molecule has 0 saturated carbocycles. The van der Waals surface area contributed by atoms with Crippen LogP contribution in [0.1, 0.15) is 22.7 Å². The van der Waals surface area contributed by atoms with Crippen molar-refractivity contribution in [1.82, 2.24) is 5.32 Å². The molecule has 3 heterocycles. The van der Waals surface area contributed by atoms with Gasteiger partial charge in [-0.1, -0.05) is 18.2 Å². The van der Waals surface area contributed by atoms with Gasteiger partial charge in [0, 0.05) is 6.04 Å². The van der Waals surface area contributed by atoms with E-state index in [4.69, 9.17) is 18.9 Å². The molecule has 0 radical (unpaired) electrons. The Morgan fingerprint density at radius 2 is 1.48 bits per heavy atom. The molecule has 0 aliphatic carbocycles. The summed E-state index contributed by atoms with van der Waals surface area (Å²) in [6.45, 7) is 1.60. The van der Waals surface area contributed by atoms with Crippen molar-refractivity contribution in [3.63, 3.8) is 0 Å². The van der Waals surface area contributed by atoms with E-state index in [1.54, 1.807) is 0 Å². The van der Waals surface area contributed by atoms with Gasteiger partial charge in [-0.25, -0.2) is 0 Å². The number of hydrogen-bond acceptors (Lipinski definition) is 5. The standard InChI is InChI=1S/C22H19NO4/c1-2-14-7-19-21(26-11-24-19)9-16(14)5-13(1)6-18-17-10-22-20(25-12-27-22)8-15(17)3-4-23-18/h1-2,5,7-10,18,23H,3-4,6,11-12H2/t18-/m0/s1. The van der Waals surface area contributed by atoms with Crippen LogP contribution in [0.3, 0.4) is 0 Å².